The minimum atomic E-state index is -1.07. The highest BCUT2D eigenvalue weighted by molar-refractivity contribution is 5.94. The predicted molar refractivity (Wildman–Crippen MR) is 65.3 cm³/mol. The molecular weight excluding hydrogens is 237 g/mol. The van der Waals surface area contributed by atoms with E-state index in [-0.39, 0.29) is 5.82 Å². The van der Waals surface area contributed by atoms with Crippen molar-refractivity contribution in [2.75, 3.05) is 7.05 Å². The van der Waals surface area contributed by atoms with Crippen molar-refractivity contribution in [3.8, 4) is 0 Å². The third-order valence-electron chi connectivity index (χ3n) is 2.57. The van der Waals surface area contributed by atoms with E-state index in [9.17, 15) is 14.0 Å². The van der Waals surface area contributed by atoms with Crippen LogP contribution in [0, 0.1) is 5.82 Å². The zero-order chi connectivity index (χ0) is 13.7. The van der Waals surface area contributed by atoms with Crippen LogP contribution in [0.5, 0.6) is 0 Å². The molecule has 1 amide bonds. The van der Waals surface area contributed by atoms with Crippen LogP contribution in [0.3, 0.4) is 0 Å². The number of carboxylic acids is 1. The zero-order valence-electron chi connectivity index (χ0n) is 10.1. The van der Waals surface area contributed by atoms with Gasteiger partial charge in [-0.15, -0.1) is 0 Å². The van der Waals surface area contributed by atoms with E-state index >= 15 is 0 Å². The fourth-order valence-corrected chi connectivity index (χ4v) is 1.22. The molecule has 0 aliphatic rings. The van der Waals surface area contributed by atoms with E-state index in [1.807, 2.05) is 0 Å². The van der Waals surface area contributed by atoms with E-state index in [4.69, 9.17) is 5.11 Å². The molecule has 1 aromatic carbocycles. The number of carboxylic acid groups (broad SMARTS) is 1. The standard InChI is InChI=1S/C13H14FNO3/c1-9(13(17)18)15(2)12(16)8-5-10-3-6-11(14)7-4-10/h3-9H,1-2H3,(H,17,18). The minimum Gasteiger partial charge on any atom is -0.480 e. The summed E-state index contributed by atoms with van der Waals surface area (Å²) >= 11 is 0. The van der Waals surface area contributed by atoms with Crippen LogP contribution in [-0.2, 0) is 9.59 Å². The quantitative estimate of drug-likeness (QED) is 0.830. The van der Waals surface area contributed by atoms with E-state index in [0.29, 0.717) is 5.56 Å². The predicted octanol–water partition coefficient (Wildman–Crippen LogP) is 1.77. The smallest absolute Gasteiger partial charge is 0.326 e. The van der Waals surface area contributed by atoms with Gasteiger partial charge in [0, 0.05) is 13.1 Å². The molecule has 0 aliphatic carbocycles. The van der Waals surface area contributed by atoms with Crippen molar-refractivity contribution in [2.45, 2.75) is 13.0 Å². The van der Waals surface area contributed by atoms with Gasteiger partial charge in [0.05, 0.1) is 0 Å². The monoisotopic (exact) mass is 251 g/mol. The largest absolute Gasteiger partial charge is 0.480 e. The number of likely N-dealkylation sites (N-methyl/N-ethyl adjacent to an activating group) is 1. The first-order valence-electron chi connectivity index (χ1n) is 5.35. The van der Waals surface area contributed by atoms with E-state index < -0.39 is 17.9 Å². The van der Waals surface area contributed by atoms with Gasteiger partial charge in [0.1, 0.15) is 11.9 Å². The molecule has 0 heterocycles. The summed E-state index contributed by atoms with van der Waals surface area (Å²) in [5.41, 5.74) is 0.668. The Morgan fingerprint density at radius 3 is 2.39 bits per heavy atom. The van der Waals surface area contributed by atoms with Gasteiger partial charge in [-0.25, -0.2) is 9.18 Å². The molecule has 0 spiro atoms. The Balaban J connectivity index is 2.69. The summed E-state index contributed by atoms with van der Waals surface area (Å²) in [5.74, 6) is -1.84. The molecule has 1 atom stereocenters. The molecular formula is C13H14FNO3. The third-order valence-corrected chi connectivity index (χ3v) is 2.57. The Bertz CT molecular complexity index is 468. The summed E-state index contributed by atoms with van der Waals surface area (Å²) in [6, 6.07) is 4.73. The van der Waals surface area contributed by atoms with Crippen molar-refractivity contribution in [1.82, 2.24) is 4.90 Å². The second-order valence-corrected chi connectivity index (χ2v) is 3.85. The fourth-order valence-electron chi connectivity index (χ4n) is 1.22. The lowest BCUT2D eigenvalue weighted by atomic mass is 10.2. The number of halogens is 1. The molecule has 4 nitrogen and oxygen atoms in total. The summed E-state index contributed by atoms with van der Waals surface area (Å²) in [6.07, 6.45) is 2.76. The van der Waals surface area contributed by atoms with Crippen molar-refractivity contribution < 1.29 is 19.1 Å². The summed E-state index contributed by atoms with van der Waals surface area (Å²) in [6.45, 7) is 1.42. The molecule has 1 aromatic rings. The Morgan fingerprint density at radius 1 is 1.33 bits per heavy atom. The van der Waals surface area contributed by atoms with Crippen molar-refractivity contribution in [3.05, 3.63) is 41.7 Å². The van der Waals surface area contributed by atoms with Crippen LogP contribution in [0.2, 0.25) is 0 Å². The Morgan fingerprint density at radius 2 is 1.89 bits per heavy atom. The van der Waals surface area contributed by atoms with Crippen molar-refractivity contribution in [2.24, 2.45) is 0 Å². The lowest BCUT2D eigenvalue weighted by molar-refractivity contribution is -0.146. The lowest BCUT2D eigenvalue weighted by Crippen LogP contribution is -2.39. The van der Waals surface area contributed by atoms with E-state index in [0.717, 1.165) is 4.90 Å². The van der Waals surface area contributed by atoms with Crippen molar-refractivity contribution in [1.29, 1.82) is 0 Å². The van der Waals surface area contributed by atoms with E-state index in [1.54, 1.807) is 0 Å². The van der Waals surface area contributed by atoms with Crippen molar-refractivity contribution in [3.63, 3.8) is 0 Å². The van der Waals surface area contributed by atoms with Gasteiger partial charge in [-0.05, 0) is 30.7 Å². The molecule has 5 heteroatoms. The van der Waals surface area contributed by atoms with Gasteiger partial charge in [-0.2, -0.15) is 0 Å². The molecule has 0 bridgehead atoms. The SMILES string of the molecule is CC(C(=O)O)N(C)C(=O)C=Cc1ccc(F)cc1. The molecule has 96 valence electrons. The lowest BCUT2D eigenvalue weighted by Gasteiger charge is -2.19. The van der Waals surface area contributed by atoms with Crippen LogP contribution in [0.1, 0.15) is 12.5 Å². The number of hydrogen-bond acceptors (Lipinski definition) is 2. The van der Waals surface area contributed by atoms with Gasteiger partial charge in [0.2, 0.25) is 5.91 Å². The second-order valence-electron chi connectivity index (χ2n) is 3.85. The Labute approximate surface area is 104 Å². The van der Waals surface area contributed by atoms with E-state index in [1.165, 1.54) is 50.4 Å². The fraction of sp³-hybridized carbons (Fsp3) is 0.231. The number of carbonyl (C=O) groups excluding carboxylic acids is 1. The number of carbonyl (C=O) groups is 2. The molecule has 0 radical (unpaired) electrons. The van der Waals surface area contributed by atoms with Crippen LogP contribution in [0.4, 0.5) is 4.39 Å². The summed E-state index contributed by atoms with van der Waals surface area (Å²) < 4.78 is 12.6. The first-order valence-corrected chi connectivity index (χ1v) is 5.35. The first kappa shape index (κ1) is 13.9. The number of benzene rings is 1. The van der Waals surface area contributed by atoms with Crippen LogP contribution < -0.4 is 0 Å². The summed E-state index contributed by atoms with van der Waals surface area (Å²) in [5, 5.41) is 8.76. The maximum atomic E-state index is 12.6. The molecule has 0 saturated heterocycles. The van der Waals surface area contributed by atoms with Crippen LogP contribution in [-0.4, -0.2) is 35.0 Å². The average molecular weight is 251 g/mol. The third kappa shape index (κ3) is 3.69. The van der Waals surface area contributed by atoms with Gasteiger partial charge in [0.25, 0.3) is 0 Å². The number of aliphatic carboxylic acids is 1. The van der Waals surface area contributed by atoms with Gasteiger partial charge < -0.3 is 10.0 Å². The highest BCUT2D eigenvalue weighted by atomic mass is 19.1. The average Bonchev–Trinajstić information content (AvgIpc) is 2.35. The highest BCUT2D eigenvalue weighted by Gasteiger charge is 2.19. The topological polar surface area (TPSA) is 57.6 Å². The first-order chi connectivity index (χ1) is 8.41. The number of amides is 1. The Hall–Kier alpha value is -2.17. The Kier molecular flexibility index (Phi) is 4.59. The molecule has 0 aromatic heterocycles. The highest BCUT2D eigenvalue weighted by Crippen LogP contribution is 2.05. The zero-order valence-corrected chi connectivity index (χ0v) is 10.1. The minimum absolute atomic E-state index is 0.352. The van der Waals surface area contributed by atoms with Crippen LogP contribution in [0.15, 0.2) is 30.3 Å². The number of hydrogen-bond donors (Lipinski definition) is 1. The summed E-state index contributed by atoms with van der Waals surface area (Å²) in [7, 11) is 1.41. The van der Waals surface area contributed by atoms with Crippen LogP contribution >= 0.6 is 0 Å². The molecule has 0 saturated carbocycles. The molecule has 1 unspecified atom stereocenters. The molecule has 18 heavy (non-hydrogen) atoms. The van der Waals surface area contributed by atoms with E-state index in [2.05, 4.69) is 0 Å². The maximum Gasteiger partial charge on any atom is 0.326 e. The maximum absolute atomic E-state index is 12.6. The molecule has 1 rings (SSSR count). The number of nitrogens with zero attached hydrogens (tertiary/aromatic N) is 1. The molecule has 0 aliphatic heterocycles. The van der Waals surface area contributed by atoms with Gasteiger partial charge in [0.15, 0.2) is 0 Å². The second kappa shape index (κ2) is 5.95. The normalized spacial score (nSPS) is 12.4. The van der Waals surface area contributed by atoms with Gasteiger partial charge in [-0.3, -0.25) is 4.79 Å². The van der Waals surface area contributed by atoms with Gasteiger partial charge >= 0.3 is 5.97 Å². The number of rotatable bonds is 4. The van der Waals surface area contributed by atoms with Crippen LogP contribution in [0.25, 0.3) is 6.08 Å². The van der Waals surface area contributed by atoms with Crippen molar-refractivity contribution >= 4 is 18.0 Å². The molecule has 1 N–H and O–H groups in total. The molecule has 0 fully saturated rings. The van der Waals surface area contributed by atoms with Gasteiger partial charge in [-0.1, -0.05) is 12.1 Å². The summed E-state index contributed by atoms with van der Waals surface area (Å²) in [4.78, 5) is 23.4.